The summed E-state index contributed by atoms with van der Waals surface area (Å²) in [5.41, 5.74) is 0.354. The lowest BCUT2D eigenvalue weighted by Gasteiger charge is -2.15. The molecule has 0 radical (unpaired) electrons. The van der Waals surface area contributed by atoms with Crippen LogP contribution in [0.25, 0.3) is 10.8 Å². The van der Waals surface area contributed by atoms with Gasteiger partial charge in [-0.05, 0) is 34.5 Å². The van der Waals surface area contributed by atoms with Crippen molar-refractivity contribution >= 4 is 16.7 Å². The first-order valence-electron chi connectivity index (χ1n) is 5.69. The van der Waals surface area contributed by atoms with E-state index in [0.29, 0.717) is 11.3 Å². The third kappa shape index (κ3) is 2.67. The van der Waals surface area contributed by atoms with E-state index in [1.54, 1.807) is 37.4 Å². The standard InChI is InChI=1S/C14H14O5/c1-19-11-5-4-8-6-10(3-2-9(8)7-11)12(15)13(16)14(17)18/h2-7,12-13,15-16H,1H3,(H,17,18). The molecule has 0 bridgehead atoms. The molecule has 5 nitrogen and oxygen atoms in total. The van der Waals surface area contributed by atoms with Crippen LogP contribution in [0.2, 0.25) is 0 Å². The Bertz CT molecular complexity index is 608. The lowest BCUT2D eigenvalue weighted by Crippen LogP contribution is -2.27. The van der Waals surface area contributed by atoms with Crippen LogP contribution in [0.5, 0.6) is 5.75 Å². The minimum atomic E-state index is -1.84. The monoisotopic (exact) mass is 262 g/mol. The lowest BCUT2D eigenvalue weighted by molar-refractivity contribution is -0.153. The van der Waals surface area contributed by atoms with E-state index >= 15 is 0 Å². The third-order valence-electron chi connectivity index (χ3n) is 2.97. The first kappa shape index (κ1) is 13.3. The number of methoxy groups -OCH3 is 1. The number of benzene rings is 2. The van der Waals surface area contributed by atoms with E-state index in [0.717, 1.165) is 10.8 Å². The summed E-state index contributed by atoms with van der Waals surface area (Å²) in [6, 6.07) is 10.4. The van der Waals surface area contributed by atoms with Gasteiger partial charge in [-0.25, -0.2) is 4.79 Å². The quantitative estimate of drug-likeness (QED) is 0.773. The van der Waals surface area contributed by atoms with E-state index in [1.807, 2.05) is 6.07 Å². The van der Waals surface area contributed by atoms with Crippen LogP contribution in [0.1, 0.15) is 11.7 Å². The minimum Gasteiger partial charge on any atom is -0.497 e. The number of aliphatic hydroxyl groups excluding tert-OH is 2. The third-order valence-corrected chi connectivity index (χ3v) is 2.97. The molecule has 2 rings (SSSR count). The molecule has 0 amide bonds. The Labute approximate surface area is 109 Å². The van der Waals surface area contributed by atoms with Gasteiger partial charge in [-0.1, -0.05) is 18.2 Å². The van der Waals surface area contributed by atoms with Crippen LogP contribution in [-0.4, -0.2) is 34.5 Å². The zero-order valence-corrected chi connectivity index (χ0v) is 10.3. The smallest absolute Gasteiger partial charge is 0.335 e. The Morgan fingerprint density at radius 2 is 1.74 bits per heavy atom. The van der Waals surface area contributed by atoms with Crippen molar-refractivity contribution in [3.8, 4) is 5.75 Å². The maximum Gasteiger partial charge on any atom is 0.335 e. The molecule has 3 N–H and O–H groups in total. The van der Waals surface area contributed by atoms with E-state index in [2.05, 4.69) is 0 Å². The molecule has 2 atom stereocenters. The molecule has 100 valence electrons. The molecule has 19 heavy (non-hydrogen) atoms. The molecule has 0 aliphatic rings. The first-order valence-corrected chi connectivity index (χ1v) is 5.69. The highest BCUT2D eigenvalue weighted by molar-refractivity contribution is 5.85. The summed E-state index contributed by atoms with van der Waals surface area (Å²) in [6.45, 7) is 0. The van der Waals surface area contributed by atoms with Gasteiger partial charge in [0.05, 0.1) is 7.11 Å². The fourth-order valence-electron chi connectivity index (χ4n) is 1.87. The molecular weight excluding hydrogens is 248 g/mol. The summed E-state index contributed by atoms with van der Waals surface area (Å²) >= 11 is 0. The highest BCUT2D eigenvalue weighted by Crippen LogP contribution is 2.25. The summed E-state index contributed by atoms with van der Waals surface area (Å²) in [5.74, 6) is -0.742. The van der Waals surface area contributed by atoms with Crippen LogP contribution in [0.3, 0.4) is 0 Å². The van der Waals surface area contributed by atoms with Crippen molar-refractivity contribution < 1.29 is 24.9 Å². The van der Waals surface area contributed by atoms with Crippen LogP contribution in [-0.2, 0) is 4.79 Å². The van der Waals surface area contributed by atoms with Gasteiger partial charge in [-0.15, -0.1) is 0 Å². The van der Waals surface area contributed by atoms with Crippen LogP contribution in [0.4, 0.5) is 0 Å². The fourth-order valence-corrected chi connectivity index (χ4v) is 1.87. The number of carboxylic acids is 1. The van der Waals surface area contributed by atoms with Gasteiger partial charge in [-0.3, -0.25) is 0 Å². The number of hydrogen-bond donors (Lipinski definition) is 3. The normalized spacial score (nSPS) is 14.1. The van der Waals surface area contributed by atoms with Crippen molar-refractivity contribution in [3.63, 3.8) is 0 Å². The predicted octanol–water partition coefficient (Wildman–Crippen LogP) is 1.33. The second-order valence-corrected chi connectivity index (χ2v) is 4.20. The summed E-state index contributed by atoms with van der Waals surface area (Å²) in [7, 11) is 1.57. The second kappa shape index (κ2) is 5.26. The fraction of sp³-hybridized carbons (Fsp3) is 0.214. The average Bonchev–Trinajstić information content (AvgIpc) is 2.44. The summed E-state index contributed by atoms with van der Waals surface area (Å²) < 4.78 is 5.10. The van der Waals surface area contributed by atoms with E-state index < -0.39 is 18.2 Å². The molecule has 0 aromatic heterocycles. The molecule has 0 fully saturated rings. The van der Waals surface area contributed by atoms with E-state index in [1.165, 1.54) is 0 Å². The van der Waals surface area contributed by atoms with E-state index in [4.69, 9.17) is 9.84 Å². The number of rotatable bonds is 4. The van der Waals surface area contributed by atoms with Gasteiger partial charge in [0.25, 0.3) is 0 Å². The average molecular weight is 262 g/mol. The van der Waals surface area contributed by atoms with Crippen LogP contribution >= 0.6 is 0 Å². The van der Waals surface area contributed by atoms with Gasteiger partial charge in [0.2, 0.25) is 0 Å². The van der Waals surface area contributed by atoms with Crippen molar-refractivity contribution in [2.24, 2.45) is 0 Å². The maximum absolute atomic E-state index is 10.6. The summed E-state index contributed by atoms with van der Waals surface area (Å²) in [4.78, 5) is 10.6. The molecule has 0 aliphatic heterocycles. The van der Waals surface area contributed by atoms with Crippen LogP contribution < -0.4 is 4.74 Å². The molecule has 2 unspecified atom stereocenters. The van der Waals surface area contributed by atoms with Crippen molar-refractivity contribution in [1.82, 2.24) is 0 Å². The number of fused-ring (bicyclic) bond motifs is 1. The Kier molecular flexibility index (Phi) is 3.69. The second-order valence-electron chi connectivity index (χ2n) is 4.20. The number of ether oxygens (including phenoxy) is 1. The number of aliphatic carboxylic acids is 1. The first-order chi connectivity index (χ1) is 9.02. The Morgan fingerprint density at radius 3 is 2.37 bits per heavy atom. The summed E-state index contributed by atoms with van der Waals surface area (Å²) in [6.07, 6.45) is -3.29. The van der Waals surface area contributed by atoms with Crippen LogP contribution in [0.15, 0.2) is 36.4 Å². The number of hydrogen-bond acceptors (Lipinski definition) is 4. The highest BCUT2D eigenvalue weighted by atomic mass is 16.5. The van der Waals surface area contributed by atoms with Gasteiger partial charge in [-0.2, -0.15) is 0 Å². The highest BCUT2D eigenvalue weighted by Gasteiger charge is 2.25. The lowest BCUT2D eigenvalue weighted by atomic mass is 10.0. The molecule has 2 aromatic carbocycles. The largest absolute Gasteiger partial charge is 0.497 e. The molecule has 0 heterocycles. The number of aliphatic hydroxyl groups is 2. The maximum atomic E-state index is 10.6. The zero-order chi connectivity index (χ0) is 14.0. The topological polar surface area (TPSA) is 87.0 Å². The minimum absolute atomic E-state index is 0.354. The van der Waals surface area contributed by atoms with E-state index in [-0.39, 0.29) is 0 Å². The van der Waals surface area contributed by atoms with Gasteiger partial charge < -0.3 is 20.1 Å². The van der Waals surface area contributed by atoms with Gasteiger partial charge >= 0.3 is 5.97 Å². The molecule has 5 heteroatoms. The molecule has 0 saturated carbocycles. The van der Waals surface area contributed by atoms with Crippen LogP contribution in [0, 0.1) is 0 Å². The molecule has 2 aromatic rings. The predicted molar refractivity (Wildman–Crippen MR) is 69.1 cm³/mol. The Balaban J connectivity index is 2.39. The van der Waals surface area contributed by atoms with Gasteiger partial charge in [0, 0.05) is 0 Å². The molecule has 0 spiro atoms. The molecule has 0 aliphatic carbocycles. The summed E-state index contributed by atoms with van der Waals surface area (Å²) in [5, 5.41) is 29.5. The van der Waals surface area contributed by atoms with Crippen molar-refractivity contribution in [2.75, 3.05) is 7.11 Å². The van der Waals surface area contributed by atoms with E-state index in [9.17, 15) is 15.0 Å². The Morgan fingerprint density at radius 1 is 1.11 bits per heavy atom. The van der Waals surface area contributed by atoms with Crippen molar-refractivity contribution in [2.45, 2.75) is 12.2 Å². The van der Waals surface area contributed by atoms with Crippen molar-refractivity contribution in [1.29, 1.82) is 0 Å². The Hall–Kier alpha value is -2.11. The molecule has 0 saturated heterocycles. The zero-order valence-electron chi connectivity index (χ0n) is 10.3. The van der Waals surface area contributed by atoms with Gasteiger partial charge in [0.1, 0.15) is 11.9 Å². The SMILES string of the molecule is COc1ccc2cc(C(O)C(O)C(=O)O)ccc2c1. The molecular formula is C14H14O5. The van der Waals surface area contributed by atoms with Gasteiger partial charge in [0.15, 0.2) is 6.10 Å². The van der Waals surface area contributed by atoms with Crippen molar-refractivity contribution in [3.05, 3.63) is 42.0 Å². The number of carboxylic acid groups (broad SMARTS) is 1. The number of carbonyl (C=O) groups is 1.